The summed E-state index contributed by atoms with van der Waals surface area (Å²) in [5.74, 6) is 1.92. The maximum atomic E-state index is 8.66. The lowest BCUT2D eigenvalue weighted by Crippen LogP contribution is -2.18. The molecule has 102 valence electrons. The second-order valence-electron chi connectivity index (χ2n) is 4.38. The van der Waals surface area contributed by atoms with Crippen LogP contribution >= 0.6 is 15.9 Å². The molecule has 1 heterocycles. The molecular weight excluding hydrogens is 318 g/mol. The van der Waals surface area contributed by atoms with Gasteiger partial charge < -0.3 is 4.90 Å². The average Bonchev–Trinajstić information content (AvgIpc) is 2.41. The highest BCUT2D eigenvalue weighted by Gasteiger charge is 2.07. The lowest BCUT2D eigenvalue weighted by molar-refractivity contribution is 0.880. The highest BCUT2D eigenvalue weighted by molar-refractivity contribution is 9.10. The molecule has 0 unspecified atom stereocenters. The zero-order valence-electron chi connectivity index (χ0n) is 11.3. The van der Waals surface area contributed by atoms with Gasteiger partial charge in [-0.25, -0.2) is 9.97 Å². The molecule has 0 bridgehead atoms. The molecule has 1 aromatic heterocycles. The lowest BCUT2D eigenvalue weighted by Gasteiger charge is -2.19. The summed E-state index contributed by atoms with van der Waals surface area (Å²) in [7, 11) is 1.96. The Morgan fingerprint density at radius 1 is 1.30 bits per heavy atom. The van der Waals surface area contributed by atoms with E-state index in [1.165, 1.54) is 5.56 Å². The highest BCUT2D eigenvalue weighted by atomic mass is 79.9. The predicted octanol–water partition coefficient (Wildman–Crippen LogP) is 3.08. The number of benzene rings is 1. The number of nitrogens with zero attached hydrogens (tertiary/aromatic N) is 4. The lowest BCUT2D eigenvalue weighted by atomic mass is 10.2. The van der Waals surface area contributed by atoms with Crippen LogP contribution in [0.4, 0.5) is 11.6 Å². The van der Waals surface area contributed by atoms with E-state index in [1.54, 1.807) is 13.0 Å². The minimum absolute atomic E-state index is 0.512. The molecule has 1 aromatic carbocycles. The van der Waals surface area contributed by atoms with Gasteiger partial charge in [0.25, 0.3) is 0 Å². The minimum Gasteiger partial charge on any atom is -0.355 e. The van der Waals surface area contributed by atoms with E-state index < -0.39 is 0 Å². The molecule has 0 saturated carbocycles. The van der Waals surface area contributed by atoms with Crippen molar-refractivity contribution in [3.8, 4) is 6.19 Å². The van der Waals surface area contributed by atoms with Gasteiger partial charge in [-0.15, -0.1) is 0 Å². The molecule has 0 atom stereocenters. The number of nitriles is 1. The predicted molar refractivity (Wildman–Crippen MR) is 82.3 cm³/mol. The topological polar surface area (TPSA) is 64.8 Å². The van der Waals surface area contributed by atoms with Gasteiger partial charge in [0.05, 0.1) is 0 Å². The quantitative estimate of drug-likeness (QED) is 0.688. The van der Waals surface area contributed by atoms with Crippen molar-refractivity contribution in [2.75, 3.05) is 17.3 Å². The molecular formula is C14H14BrN5. The van der Waals surface area contributed by atoms with E-state index in [-0.39, 0.29) is 0 Å². The Morgan fingerprint density at radius 3 is 2.65 bits per heavy atom. The third-order valence-corrected chi connectivity index (χ3v) is 3.26. The summed E-state index contributed by atoms with van der Waals surface area (Å²) < 4.78 is 1.06. The van der Waals surface area contributed by atoms with Gasteiger partial charge in [-0.3, -0.25) is 5.32 Å². The first-order valence-corrected chi connectivity index (χ1v) is 6.84. The smallest absolute Gasteiger partial charge is 0.182 e. The first kappa shape index (κ1) is 14.3. The minimum atomic E-state index is 0.512. The van der Waals surface area contributed by atoms with E-state index in [1.807, 2.05) is 30.3 Å². The number of aryl methyl sites for hydroxylation is 1. The van der Waals surface area contributed by atoms with Gasteiger partial charge in [0.15, 0.2) is 6.19 Å². The molecule has 2 rings (SSSR count). The van der Waals surface area contributed by atoms with Gasteiger partial charge >= 0.3 is 0 Å². The number of hydrogen-bond acceptors (Lipinski definition) is 5. The number of nitrogens with one attached hydrogen (secondary N) is 1. The zero-order valence-corrected chi connectivity index (χ0v) is 12.8. The first-order chi connectivity index (χ1) is 9.58. The van der Waals surface area contributed by atoms with E-state index in [2.05, 4.69) is 43.3 Å². The van der Waals surface area contributed by atoms with Crippen molar-refractivity contribution >= 4 is 27.6 Å². The van der Waals surface area contributed by atoms with Crippen LogP contribution in [0.15, 0.2) is 34.8 Å². The summed E-state index contributed by atoms with van der Waals surface area (Å²) in [5, 5.41) is 11.2. The van der Waals surface area contributed by atoms with Gasteiger partial charge in [-0.1, -0.05) is 28.1 Å². The normalized spacial score (nSPS) is 9.90. The Kier molecular flexibility index (Phi) is 4.53. The van der Waals surface area contributed by atoms with Gasteiger partial charge in [-0.05, 0) is 24.6 Å². The Balaban J connectivity index is 2.18. The molecule has 0 amide bonds. The molecule has 0 aliphatic carbocycles. The van der Waals surface area contributed by atoms with Crippen LogP contribution < -0.4 is 10.2 Å². The maximum Gasteiger partial charge on any atom is 0.182 e. The number of rotatable bonds is 4. The summed E-state index contributed by atoms with van der Waals surface area (Å²) >= 11 is 3.42. The number of halogens is 1. The number of aromatic nitrogens is 2. The Morgan fingerprint density at radius 2 is 2.00 bits per heavy atom. The van der Waals surface area contributed by atoms with Crippen LogP contribution in [-0.4, -0.2) is 17.0 Å². The van der Waals surface area contributed by atoms with Crippen LogP contribution in [0.25, 0.3) is 0 Å². The standard InChI is InChI=1S/C14H14BrN5/c1-10-18-13(17-9-16)7-14(19-10)20(2)8-11-3-5-12(15)6-4-11/h3-7H,8H2,1-2H3,(H,17,18,19). The Labute approximate surface area is 126 Å². The average molecular weight is 332 g/mol. The fourth-order valence-corrected chi connectivity index (χ4v) is 2.08. The molecule has 0 radical (unpaired) electrons. The van der Waals surface area contributed by atoms with Crippen molar-refractivity contribution in [2.24, 2.45) is 0 Å². The van der Waals surface area contributed by atoms with E-state index in [0.29, 0.717) is 11.6 Å². The molecule has 0 spiro atoms. The van der Waals surface area contributed by atoms with Gasteiger partial charge in [0.1, 0.15) is 17.5 Å². The van der Waals surface area contributed by atoms with Crippen LogP contribution in [0.3, 0.4) is 0 Å². The van der Waals surface area contributed by atoms with E-state index in [4.69, 9.17) is 5.26 Å². The van der Waals surface area contributed by atoms with Crippen LogP contribution in [0.1, 0.15) is 11.4 Å². The fraction of sp³-hybridized carbons (Fsp3) is 0.214. The van der Waals surface area contributed by atoms with Gasteiger partial charge in [-0.2, -0.15) is 5.26 Å². The zero-order chi connectivity index (χ0) is 14.5. The van der Waals surface area contributed by atoms with E-state index >= 15 is 0 Å². The molecule has 1 N–H and O–H groups in total. The van der Waals surface area contributed by atoms with Gasteiger partial charge in [0.2, 0.25) is 0 Å². The first-order valence-electron chi connectivity index (χ1n) is 6.05. The van der Waals surface area contributed by atoms with Crippen LogP contribution in [-0.2, 0) is 6.54 Å². The Hall–Kier alpha value is -2.13. The van der Waals surface area contributed by atoms with E-state index in [0.717, 1.165) is 16.8 Å². The summed E-state index contributed by atoms with van der Waals surface area (Å²) in [6.45, 7) is 2.54. The fourth-order valence-electron chi connectivity index (χ4n) is 1.81. The van der Waals surface area contributed by atoms with E-state index in [9.17, 15) is 0 Å². The number of hydrogen-bond donors (Lipinski definition) is 1. The maximum absolute atomic E-state index is 8.66. The molecule has 5 nitrogen and oxygen atoms in total. The summed E-state index contributed by atoms with van der Waals surface area (Å²) in [6.07, 6.45) is 1.87. The second kappa shape index (κ2) is 6.35. The second-order valence-corrected chi connectivity index (χ2v) is 5.29. The molecule has 20 heavy (non-hydrogen) atoms. The summed E-state index contributed by atoms with van der Waals surface area (Å²) in [6, 6.07) is 9.90. The molecule has 2 aromatic rings. The van der Waals surface area contributed by atoms with Crippen molar-refractivity contribution in [3.05, 3.63) is 46.2 Å². The highest BCUT2D eigenvalue weighted by Crippen LogP contribution is 2.18. The van der Waals surface area contributed by atoms with Crippen molar-refractivity contribution in [3.63, 3.8) is 0 Å². The monoisotopic (exact) mass is 331 g/mol. The Bertz CT molecular complexity index is 633. The number of anilines is 2. The van der Waals surface area contributed by atoms with Crippen LogP contribution in [0, 0.1) is 18.4 Å². The van der Waals surface area contributed by atoms with Gasteiger partial charge in [0, 0.05) is 24.1 Å². The van der Waals surface area contributed by atoms with Crippen molar-refractivity contribution < 1.29 is 0 Å². The van der Waals surface area contributed by atoms with Crippen molar-refractivity contribution in [1.82, 2.24) is 9.97 Å². The largest absolute Gasteiger partial charge is 0.355 e. The SMILES string of the molecule is Cc1nc(NC#N)cc(N(C)Cc2ccc(Br)cc2)n1. The van der Waals surface area contributed by atoms with Crippen molar-refractivity contribution in [2.45, 2.75) is 13.5 Å². The third kappa shape index (κ3) is 3.68. The molecule has 0 fully saturated rings. The third-order valence-electron chi connectivity index (χ3n) is 2.73. The molecule has 0 aliphatic rings. The van der Waals surface area contributed by atoms with Crippen LogP contribution in [0.5, 0.6) is 0 Å². The van der Waals surface area contributed by atoms with Crippen LogP contribution in [0.2, 0.25) is 0 Å². The molecule has 0 aliphatic heterocycles. The van der Waals surface area contributed by atoms with Crippen molar-refractivity contribution in [1.29, 1.82) is 5.26 Å². The summed E-state index contributed by atoms with van der Waals surface area (Å²) in [4.78, 5) is 10.5. The molecule has 0 saturated heterocycles. The molecule has 6 heteroatoms. The summed E-state index contributed by atoms with van der Waals surface area (Å²) in [5.41, 5.74) is 1.18.